The van der Waals surface area contributed by atoms with Crippen molar-refractivity contribution in [2.75, 3.05) is 18.0 Å². The first-order valence-corrected chi connectivity index (χ1v) is 9.86. The van der Waals surface area contributed by atoms with Crippen molar-refractivity contribution in [3.8, 4) is 0 Å². The first-order valence-electron chi connectivity index (χ1n) is 8.38. The number of benzene rings is 2. The Hall–Kier alpha value is -2.38. The van der Waals surface area contributed by atoms with Gasteiger partial charge in [-0.25, -0.2) is 17.9 Å². The molecule has 1 atom stereocenters. The van der Waals surface area contributed by atoms with Crippen LogP contribution in [0.3, 0.4) is 0 Å². The van der Waals surface area contributed by atoms with Crippen LogP contribution in [0.2, 0.25) is 0 Å². The third kappa shape index (κ3) is 3.89. The number of nitrogens with one attached hydrogen (secondary N) is 1. The summed E-state index contributed by atoms with van der Waals surface area (Å²) in [5, 5.41) is 0. The highest BCUT2D eigenvalue weighted by molar-refractivity contribution is 7.89. The molecule has 1 amide bonds. The van der Waals surface area contributed by atoms with Crippen molar-refractivity contribution in [3.63, 3.8) is 0 Å². The van der Waals surface area contributed by atoms with Gasteiger partial charge in [0.05, 0.1) is 11.4 Å². The van der Waals surface area contributed by atoms with Gasteiger partial charge in [-0.3, -0.25) is 4.90 Å². The van der Waals surface area contributed by atoms with E-state index in [1.54, 1.807) is 19.1 Å². The van der Waals surface area contributed by atoms with Crippen LogP contribution >= 0.6 is 0 Å². The van der Waals surface area contributed by atoms with E-state index in [-0.39, 0.29) is 11.4 Å². The molecule has 0 radical (unpaired) electrons. The molecule has 0 aliphatic carbocycles. The summed E-state index contributed by atoms with van der Waals surface area (Å²) in [6.07, 6.45) is -1.01. The fourth-order valence-electron chi connectivity index (χ4n) is 2.94. The molecule has 2 aromatic carbocycles. The lowest BCUT2D eigenvalue weighted by atomic mass is 10.2. The summed E-state index contributed by atoms with van der Waals surface area (Å²) in [5.41, 5.74) is 3.52. The summed E-state index contributed by atoms with van der Waals surface area (Å²) in [7, 11) is -3.66. The van der Waals surface area contributed by atoms with Gasteiger partial charge in [-0.15, -0.1) is 0 Å². The minimum absolute atomic E-state index is 0.0315. The Labute approximate surface area is 153 Å². The zero-order valence-electron chi connectivity index (χ0n) is 15.0. The van der Waals surface area contributed by atoms with E-state index in [9.17, 15) is 13.2 Å². The molecule has 1 heterocycles. The lowest BCUT2D eigenvalue weighted by molar-refractivity contribution is 0.143. The van der Waals surface area contributed by atoms with E-state index in [2.05, 4.69) is 4.72 Å². The minimum atomic E-state index is -3.66. The molecule has 26 heavy (non-hydrogen) atoms. The zero-order chi connectivity index (χ0) is 18.9. The SMILES string of the molecule is Cc1ccc(N2CC(CNS(=O)(=O)c3ccc(C)cc3C)OC2=O)cc1. The van der Waals surface area contributed by atoms with E-state index in [1.165, 1.54) is 4.90 Å². The van der Waals surface area contributed by atoms with E-state index < -0.39 is 22.2 Å². The highest BCUT2D eigenvalue weighted by Crippen LogP contribution is 2.22. The molecule has 0 saturated carbocycles. The van der Waals surface area contributed by atoms with Crippen LogP contribution < -0.4 is 9.62 Å². The predicted molar refractivity (Wildman–Crippen MR) is 99.9 cm³/mol. The van der Waals surface area contributed by atoms with Crippen molar-refractivity contribution < 1.29 is 17.9 Å². The van der Waals surface area contributed by atoms with Crippen molar-refractivity contribution in [1.29, 1.82) is 0 Å². The molecular weight excluding hydrogens is 352 g/mol. The molecule has 1 N–H and O–H groups in total. The number of cyclic esters (lactones) is 1. The Kier molecular flexibility index (Phi) is 5.02. The van der Waals surface area contributed by atoms with E-state index in [0.29, 0.717) is 12.1 Å². The van der Waals surface area contributed by atoms with Crippen LogP contribution in [0.1, 0.15) is 16.7 Å². The molecule has 7 heteroatoms. The van der Waals surface area contributed by atoms with Crippen LogP contribution in [0.25, 0.3) is 0 Å². The topological polar surface area (TPSA) is 75.7 Å². The van der Waals surface area contributed by atoms with Gasteiger partial charge in [0.2, 0.25) is 10.0 Å². The molecule has 1 saturated heterocycles. The smallest absolute Gasteiger partial charge is 0.414 e. The van der Waals surface area contributed by atoms with Crippen LogP contribution in [-0.2, 0) is 14.8 Å². The standard InChI is InChI=1S/C19H22N2O4S/c1-13-4-7-16(8-5-13)21-12-17(25-19(21)22)11-20-26(23,24)18-9-6-14(2)10-15(18)3/h4-10,17,20H,11-12H2,1-3H3. The Morgan fingerprint density at radius 3 is 2.38 bits per heavy atom. The summed E-state index contributed by atoms with van der Waals surface area (Å²) in [5.74, 6) is 0. The fourth-order valence-corrected chi connectivity index (χ4v) is 4.24. The highest BCUT2D eigenvalue weighted by Gasteiger charge is 2.33. The summed E-state index contributed by atoms with van der Waals surface area (Å²) in [4.78, 5) is 13.8. The van der Waals surface area contributed by atoms with Crippen LogP contribution in [0.5, 0.6) is 0 Å². The van der Waals surface area contributed by atoms with E-state index in [1.807, 2.05) is 44.2 Å². The van der Waals surface area contributed by atoms with Gasteiger partial charge in [-0.05, 0) is 44.5 Å². The molecule has 1 aliphatic rings. The number of hydrogen-bond acceptors (Lipinski definition) is 4. The number of nitrogens with zero attached hydrogens (tertiary/aromatic N) is 1. The Morgan fingerprint density at radius 1 is 1.08 bits per heavy atom. The maximum Gasteiger partial charge on any atom is 0.414 e. The van der Waals surface area contributed by atoms with Crippen molar-refractivity contribution in [2.45, 2.75) is 31.8 Å². The number of hydrogen-bond donors (Lipinski definition) is 1. The molecular formula is C19H22N2O4S. The summed E-state index contributed by atoms with van der Waals surface area (Å²) in [6.45, 7) is 5.97. The third-order valence-electron chi connectivity index (χ3n) is 4.34. The summed E-state index contributed by atoms with van der Waals surface area (Å²) < 4.78 is 32.9. The number of rotatable bonds is 5. The molecule has 2 aromatic rings. The van der Waals surface area contributed by atoms with Gasteiger partial charge in [0.1, 0.15) is 6.10 Å². The van der Waals surface area contributed by atoms with Crippen molar-refractivity contribution in [1.82, 2.24) is 4.72 Å². The second-order valence-corrected chi connectivity index (χ2v) is 8.31. The molecule has 3 rings (SSSR count). The number of anilines is 1. The van der Waals surface area contributed by atoms with E-state index in [4.69, 9.17) is 4.74 Å². The van der Waals surface area contributed by atoms with Gasteiger partial charge >= 0.3 is 6.09 Å². The lowest BCUT2D eigenvalue weighted by Crippen LogP contribution is -2.34. The quantitative estimate of drug-likeness (QED) is 0.873. The Balaban J connectivity index is 1.66. The maximum atomic E-state index is 12.5. The maximum absolute atomic E-state index is 12.5. The molecule has 1 aliphatic heterocycles. The Bertz CT molecular complexity index is 923. The number of aryl methyl sites for hydroxylation is 3. The summed E-state index contributed by atoms with van der Waals surface area (Å²) >= 11 is 0. The van der Waals surface area contributed by atoms with Crippen LogP contribution in [0.4, 0.5) is 10.5 Å². The lowest BCUT2D eigenvalue weighted by Gasteiger charge is -2.14. The monoisotopic (exact) mass is 374 g/mol. The van der Waals surface area contributed by atoms with Gasteiger partial charge in [0, 0.05) is 12.2 Å². The van der Waals surface area contributed by atoms with Crippen LogP contribution in [0.15, 0.2) is 47.4 Å². The van der Waals surface area contributed by atoms with Gasteiger partial charge in [-0.2, -0.15) is 0 Å². The van der Waals surface area contributed by atoms with Gasteiger partial charge in [-0.1, -0.05) is 35.4 Å². The molecule has 138 valence electrons. The molecule has 0 aromatic heterocycles. The molecule has 1 fully saturated rings. The molecule has 0 bridgehead atoms. The number of amides is 1. The molecule has 6 nitrogen and oxygen atoms in total. The van der Waals surface area contributed by atoms with Crippen LogP contribution in [0, 0.1) is 20.8 Å². The first-order chi connectivity index (χ1) is 12.3. The number of sulfonamides is 1. The number of carbonyl (C=O) groups excluding carboxylic acids is 1. The number of carbonyl (C=O) groups is 1. The van der Waals surface area contributed by atoms with E-state index in [0.717, 1.165) is 16.8 Å². The minimum Gasteiger partial charge on any atom is -0.443 e. The number of ether oxygens (including phenoxy) is 1. The second kappa shape index (κ2) is 7.09. The van der Waals surface area contributed by atoms with Gasteiger partial charge in [0.15, 0.2) is 0 Å². The highest BCUT2D eigenvalue weighted by atomic mass is 32.2. The Morgan fingerprint density at radius 2 is 1.73 bits per heavy atom. The van der Waals surface area contributed by atoms with Crippen molar-refractivity contribution in [2.24, 2.45) is 0 Å². The average Bonchev–Trinajstić information content (AvgIpc) is 2.94. The van der Waals surface area contributed by atoms with Crippen molar-refractivity contribution >= 4 is 21.8 Å². The predicted octanol–water partition coefficient (Wildman–Crippen LogP) is 2.92. The average molecular weight is 374 g/mol. The third-order valence-corrected chi connectivity index (χ3v) is 5.92. The normalized spacial score (nSPS) is 17.4. The van der Waals surface area contributed by atoms with Crippen LogP contribution in [-0.4, -0.2) is 33.7 Å². The van der Waals surface area contributed by atoms with Gasteiger partial charge < -0.3 is 4.74 Å². The zero-order valence-corrected chi connectivity index (χ0v) is 15.8. The second-order valence-electron chi connectivity index (χ2n) is 6.57. The van der Waals surface area contributed by atoms with Gasteiger partial charge in [0.25, 0.3) is 0 Å². The largest absolute Gasteiger partial charge is 0.443 e. The van der Waals surface area contributed by atoms with E-state index >= 15 is 0 Å². The fraction of sp³-hybridized carbons (Fsp3) is 0.316. The van der Waals surface area contributed by atoms with Crippen molar-refractivity contribution in [3.05, 3.63) is 59.2 Å². The molecule has 0 spiro atoms. The molecule has 1 unspecified atom stereocenters. The summed E-state index contributed by atoms with van der Waals surface area (Å²) in [6, 6.07) is 12.7. The first kappa shape index (κ1) is 18.4.